The highest BCUT2D eigenvalue weighted by atomic mass is 35.5. The molecule has 9 nitrogen and oxygen atoms in total. The van der Waals surface area contributed by atoms with Crippen LogP contribution >= 0.6 is 11.6 Å². The minimum atomic E-state index is -3.66. The average Bonchev–Trinajstić information content (AvgIpc) is 3.52. The number of hydrogen-bond acceptors (Lipinski definition) is 8. The van der Waals surface area contributed by atoms with Crippen LogP contribution in [0.25, 0.3) is 5.69 Å². The van der Waals surface area contributed by atoms with Crippen molar-refractivity contribution in [2.75, 3.05) is 27.4 Å². The lowest BCUT2D eigenvalue weighted by molar-refractivity contribution is 0.193. The van der Waals surface area contributed by atoms with Gasteiger partial charge < -0.3 is 14.2 Å². The molecule has 1 fully saturated rings. The van der Waals surface area contributed by atoms with Crippen molar-refractivity contribution in [2.24, 2.45) is 0 Å². The maximum atomic E-state index is 13.6. The highest BCUT2D eigenvalue weighted by Gasteiger charge is 2.34. The molecule has 0 amide bonds. The molecule has 3 aromatic rings. The molecule has 0 aliphatic carbocycles. The van der Waals surface area contributed by atoms with E-state index in [0.717, 1.165) is 6.42 Å². The first kappa shape index (κ1) is 25.4. The van der Waals surface area contributed by atoms with Gasteiger partial charge in [0.15, 0.2) is 15.7 Å². The van der Waals surface area contributed by atoms with Gasteiger partial charge in [0.1, 0.15) is 28.8 Å². The number of hydrogen-bond donors (Lipinski definition) is 0. The predicted octanol–water partition coefficient (Wildman–Crippen LogP) is 3.94. The maximum Gasteiger partial charge on any atom is 0.160 e. The standard InChI is InChI=1S/C24H29ClN4O5S/c1-15(19-9-8-18(25)12-26-19)16(2)35(30,31)14-22-27-28-24(17-10-11-34-13-17)29(22)23-20(32-3)6-5-7-21(23)33-4/h5-9,12,15-17H,10-11,13-14H2,1-4H3/t15-,16-,17?/m0/s1. The van der Waals surface area contributed by atoms with Gasteiger partial charge in [-0.05, 0) is 37.6 Å². The fourth-order valence-electron chi connectivity index (χ4n) is 4.24. The van der Waals surface area contributed by atoms with E-state index in [9.17, 15) is 8.42 Å². The Hall–Kier alpha value is -2.69. The third-order valence-electron chi connectivity index (χ3n) is 6.49. The second-order valence-electron chi connectivity index (χ2n) is 8.58. The molecule has 1 aliphatic rings. The number of sulfone groups is 1. The number of methoxy groups -OCH3 is 2. The Morgan fingerprint density at radius 2 is 1.86 bits per heavy atom. The molecule has 1 aliphatic heterocycles. The minimum absolute atomic E-state index is 0.0248. The Morgan fingerprint density at radius 3 is 2.43 bits per heavy atom. The summed E-state index contributed by atoms with van der Waals surface area (Å²) in [5.41, 5.74) is 1.22. The molecule has 1 unspecified atom stereocenters. The van der Waals surface area contributed by atoms with E-state index in [-0.39, 0.29) is 23.4 Å². The second kappa shape index (κ2) is 10.5. The third-order valence-corrected chi connectivity index (χ3v) is 8.92. The Labute approximate surface area is 210 Å². The number of aromatic nitrogens is 4. The van der Waals surface area contributed by atoms with Crippen molar-refractivity contribution in [3.8, 4) is 17.2 Å². The molecule has 0 bridgehead atoms. The minimum Gasteiger partial charge on any atom is -0.494 e. The first-order valence-corrected chi connectivity index (χ1v) is 13.4. The summed E-state index contributed by atoms with van der Waals surface area (Å²) in [6.07, 6.45) is 2.28. The Morgan fingerprint density at radius 1 is 1.14 bits per heavy atom. The highest BCUT2D eigenvalue weighted by Crippen LogP contribution is 2.37. The van der Waals surface area contributed by atoms with Crippen LogP contribution < -0.4 is 9.47 Å². The van der Waals surface area contributed by atoms with Gasteiger partial charge in [-0.1, -0.05) is 24.6 Å². The van der Waals surface area contributed by atoms with Crippen LogP contribution in [0.15, 0.2) is 36.5 Å². The molecular formula is C24H29ClN4O5S. The van der Waals surface area contributed by atoms with Crippen LogP contribution in [0.1, 0.15) is 49.4 Å². The molecule has 188 valence electrons. The van der Waals surface area contributed by atoms with Crippen molar-refractivity contribution >= 4 is 21.4 Å². The van der Waals surface area contributed by atoms with E-state index in [4.69, 9.17) is 25.8 Å². The summed E-state index contributed by atoms with van der Waals surface area (Å²) in [7, 11) is -0.548. The number of benzene rings is 1. The molecule has 3 heterocycles. The van der Waals surface area contributed by atoms with Crippen LogP contribution in [0.3, 0.4) is 0 Å². The van der Waals surface area contributed by atoms with E-state index in [1.165, 1.54) is 6.20 Å². The van der Waals surface area contributed by atoms with Gasteiger partial charge in [0.2, 0.25) is 0 Å². The van der Waals surface area contributed by atoms with Crippen molar-refractivity contribution in [3.05, 3.63) is 58.9 Å². The zero-order valence-corrected chi connectivity index (χ0v) is 21.7. The molecule has 0 radical (unpaired) electrons. The van der Waals surface area contributed by atoms with Crippen molar-refractivity contribution in [1.82, 2.24) is 19.7 Å². The van der Waals surface area contributed by atoms with Crippen LogP contribution in [0.5, 0.6) is 11.5 Å². The lowest BCUT2D eigenvalue weighted by Crippen LogP contribution is -2.27. The van der Waals surface area contributed by atoms with E-state index < -0.39 is 15.1 Å². The normalized spacial score (nSPS) is 17.8. The summed E-state index contributed by atoms with van der Waals surface area (Å²) < 4.78 is 45.7. The van der Waals surface area contributed by atoms with Crippen LogP contribution in [0.4, 0.5) is 0 Å². The van der Waals surface area contributed by atoms with Gasteiger partial charge in [-0.25, -0.2) is 8.42 Å². The molecule has 0 saturated carbocycles. The van der Waals surface area contributed by atoms with Crippen LogP contribution in [0, 0.1) is 0 Å². The smallest absolute Gasteiger partial charge is 0.160 e. The van der Waals surface area contributed by atoms with Crippen molar-refractivity contribution in [2.45, 2.75) is 43.1 Å². The number of halogens is 1. The van der Waals surface area contributed by atoms with Gasteiger partial charge >= 0.3 is 0 Å². The van der Waals surface area contributed by atoms with Gasteiger partial charge in [0.25, 0.3) is 0 Å². The average molecular weight is 521 g/mol. The van der Waals surface area contributed by atoms with Gasteiger partial charge in [0, 0.05) is 30.3 Å². The number of nitrogens with zero attached hydrogens (tertiary/aromatic N) is 4. The Kier molecular flexibility index (Phi) is 7.63. The molecule has 2 aromatic heterocycles. The van der Waals surface area contributed by atoms with E-state index >= 15 is 0 Å². The molecule has 0 N–H and O–H groups in total. The van der Waals surface area contributed by atoms with Crippen LogP contribution in [-0.2, 0) is 20.3 Å². The maximum absolute atomic E-state index is 13.6. The Balaban J connectivity index is 1.76. The van der Waals surface area contributed by atoms with Crippen LogP contribution in [-0.4, -0.2) is 60.8 Å². The lowest BCUT2D eigenvalue weighted by Gasteiger charge is -2.21. The van der Waals surface area contributed by atoms with Gasteiger partial charge in [-0.15, -0.1) is 10.2 Å². The first-order chi connectivity index (χ1) is 16.8. The zero-order chi connectivity index (χ0) is 25.2. The van der Waals surface area contributed by atoms with E-state index in [2.05, 4.69) is 15.2 Å². The van der Waals surface area contributed by atoms with E-state index in [1.54, 1.807) is 50.0 Å². The SMILES string of the molecule is COc1cccc(OC)c1-n1c(CS(=O)(=O)[C@@H](C)[C@H](C)c2ccc(Cl)cn2)nnc1C1CCOC1. The van der Waals surface area contributed by atoms with Gasteiger partial charge in [-0.3, -0.25) is 9.55 Å². The van der Waals surface area contributed by atoms with Crippen molar-refractivity contribution < 1.29 is 22.6 Å². The fourth-order valence-corrected chi connectivity index (χ4v) is 5.92. The molecule has 0 spiro atoms. The first-order valence-electron chi connectivity index (χ1n) is 11.3. The summed E-state index contributed by atoms with van der Waals surface area (Å²) in [5.74, 6) is 1.27. The molecular weight excluding hydrogens is 492 g/mol. The number of ether oxygens (including phenoxy) is 3. The summed E-state index contributed by atoms with van der Waals surface area (Å²) in [6, 6.07) is 8.85. The molecule has 11 heteroatoms. The Bertz CT molecular complexity index is 1250. The summed E-state index contributed by atoms with van der Waals surface area (Å²) >= 11 is 5.95. The summed E-state index contributed by atoms with van der Waals surface area (Å²) in [5, 5.41) is 8.52. The van der Waals surface area contributed by atoms with Gasteiger partial charge in [0.05, 0.1) is 31.1 Å². The molecule has 1 saturated heterocycles. The monoisotopic (exact) mass is 520 g/mol. The largest absolute Gasteiger partial charge is 0.494 e. The fraction of sp³-hybridized carbons (Fsp3) is 0.458. The highest BCUT2D eigenvalue weighted by molar-refractivity contribution is 7.91. The predicted molar refractivity (Wildman–Crippen MR) is 132 cm³/mol. The topological polar surface area (TPSA) is 105 Å². The number of pyridine rings is 1. The van der Waals surface area contributed by atoms with Crippen molar-refractivity contribution in [1.29, 1.82) is 0 Å². The summed E-state index contributed by atoms with van der Waals surface area (Å²) in [6.45, 7) is 4.62. The zero-order valence-electron chi connectivity index (χ0n) is 20.1. The quantitative estimate of drug-likeness (QED) is 0.417. The number of para-hydroxylation sites is 1. The number of rotatable bonds is 9. The van der Waals surface area contributed by atoms with E-state index in [0.29, 0.717) is 46.9 Å². The molecule has 35 heavy (non-hydrogen) atoms. The third kappa shape index (κ3) is 5.14. The summed E-state index contributed by atoms with van der Waals surface area (Å²) in [4.78, 5) is 4.31. The second-order valence-corrected chi connectivity index (χ2v) is 11.4. The molecule has 4 rings (SSSR count). The van der Waals surface area contributed by atoms with Crippen LogP contribution in [0.2, 0.25) is 5.02 Å². The molecule has 1 aromatic carbocycles. The van der Waals surface area contributed by atoms with E-state index in [1.807, 2.05) is 13.0 Å². The lowest BCUT2D eigenvalue weighted by atomic mass is 10.0. The molecule has 3 atom stereocenters. The van der Waals surface area contributed by atoms with Crippen molar-refractivity contribution in [3.63, 3.8) is 0 Å². The van der Waals surface area contributed by atoms with Gasteiger partial charge in [-0.2, -0.15) is 0 Å².